The number of carboxylic acids is 4. The van der Waals surface area contributed by atoms with Crippen LogP contribution >= 0.6 is 23.5 Å². The van der Waals surface area contributed by atoms with Crippen LogP contribution in [-0.2, 0) is 55.5 Å². The summed E-state index contributed by atoms with van der Waals surface area (Å²) in [5.41, 5.74) is 9.02. The van der Waals surface area contributed by atoms with Gasteiger partial charge in [-0.25, -0.2) is 19.9 Å². The zero-order valence-electron chi connectivity index (χ0n) is 35.7. The predicted octanol–water partition coefficient (Wildman–Crippen LogP) is 0.294. The molecule has 0 aromatic carbocycles. The lowest BCUT2D eigenvalue weighted by atomic mass is 9.76. The molecule has 1 saturated carbocycles. The summed E-state index contributed by atoms with van der Waals surface area (Å²) in [5.74, 6) is -17.3. The first-order valence-corrected chi connectivity index (χ1v) is 22.4. The van der Waals surface area contributed by atoms with Crippen molar-refractivity contribution >= 4 is 76.8 Å². The van der Waals surface area contributed by atoms with Crippen LogP contribution in [0.15, 0.2) is 24.5 Å². The first-order chi connectivity index (χ1) is 32.2. The highest BCUT2D eigenvalue weighted by molar-refractivity contribution is 7.99. The standard InChI is InChI=1S/C38H46F6N10O13S2/c39-37(40,41)23-9-11-47-31(54-23)30(69-15-22(33(63)50-13-27(59)60)52-25(56)7-5-19(46)35(66)67)17-3-1-2-16(28(17)61)29(20-8-10-48-36(53-20)38(42,43)44)68-14-21(32(62)49-12-26(57)58)51-24(55)6-4-18(45)34(64)65/h8-11,16-19,21-22,29-30H,1-7,12-15,45-46H2,(H,49,62)(H,50,63)(H,51,55)(H,52,56)(H,57,58)(H,59,60)(H,64,65)(H,66,67)/t16?,17?,18-,19+,21-,22-,29?,30?/m0/s1. The maximum Gasteiger partial charge on any atom is 0.451 e. The van der Waals surface area contributed by atoms with Crippen LogP contribution in [0.1, 0.15) is 78.5 Å². The number of aliphatic carboxylic acids is 4. The summed E-state index contributed by atoms with van der Waals surface area (Å²) in [5, 5.41) is 42.1. The molecule has 8 atom stereocenters. The Bertz CT molecular complexity index is 2070. The van der Waals surface area contributed by atoms with Crippen molar-refractivity contribution in [1.29, 1.82) is 0 Å². The smallest absolute Gasteiger partial charge is 0.451 e. The van der Waals surface area contributed by atoms with Gasteiger partial charge < -0.3 is 53.2 Å². The molecular weight excluding hydrogens is 983 g/mol. The van der Waals surface area contributed by atoms with Gasteiger partial charge in [0, 0.05) is 48.6 Å². The van der Waals surface area contributed by atoms with E-state index in [9.17, 15) is 69.5 Å². The average Bonchev–Trinajstić information content (AvgIpc) is 3.27. The number of carbonyl (C=O) groups is 9. The molecule has 1 aliphatic carbocycles. The molecule has 2 heterocycles. The van der Waals surface area contributed by atoms with E-state index in [1.807, 2.05) is 10.6 Å². The van der Waals surface area contributed by atoms with E-state index in [1.165, 1.54) is 0 Å². The fourth-order valence-corrected chi connectivity index (χ4v) is 9.36. The second kappa shape index (κ2) is 26.0. The molecule has 4 unspecified atom stereocenters. The zero-order valence-corrected chi connectivity index (χ0v) is 37.3. The Kier molecular flexibility index (Phi) is 21.5. The number of ketones is 1. The van der Waals surface area contributed by atoms with E-state index >= 15 is 0 Å². The zero-order chi connectivity index (χ0) is 51.8. The molecule has 0 radical (unpaired) electrons. The van der Waals surface area contributed by atoms with Gasteiger partial charge in [-0.05, 0) is 37.8 Å². The number of alkyl halides is 6. The van der Waals surface area contributed by atoms with Gasteiger partial charge in [-0.2, -0.15) is 26.3 Å². The molecule has 2 aromatic rings. The van der Waals surface area contributed by atoms with Crippen LogP contribution in [0.2, 0.25) is 0 Å². The van der Waals surface area contributed by atoms with Crippen molar-refractivity contribution in [2.45, 2.75) is 92.0 Å². The molecule has 0 spiro atoms. The number of rotatable bonds is 26. The second-order valence-electron chi connectivity index (χ2n) is 15.1. The minimum absolute atomic E-state index is 0.0392. The van der Waals surface area contributed by atoms with Crippen LogP contribution < -0.4 is 32.7 Å². The number of hydrogen-bond acceptors (Lipinski definition) is 17. The molecule has 3 rings (SSSR count). The number of amides is 4. The monoisotopic (exact) mass is 1030 g/mol. The van der Waals surface area contributed by atoms with Gasteiger partial charge in [0.25, 0.3) is 0 Å². The highest BCUT2D eigenvalue weighted by atomic mass is 32.2. The molecule has 2 aromatic heterocycles. The lowest BCUT2D eigenvalue weighted by Crippen LogP contribution is -2.50. The maximum absolute atomic E-state index is 14.9. The SMILES string of the molecule is N[C@H](CCC(=O)N[C@@H](CSC(c1nccc(C(F)(F)F)n1)C1CCCC(C(SC[C@H](NC(=O)CC[C@H](N)C(=O)O)C(=O)NCC(=O)O)c2ccnc(C(F)(F)F)n2)C1=O)C(=O)NCC(=O)O)C(=O)O. The Labute approximate surface area is 394 Å². The van der Waals surface area contributed by atoms with Crippen molar-refractivity contribution in [3.05, 3.63) is 47.6 Å². The van der Waals surface area contributed by atoms with Crippen molar-refractivity contribution in [3.63, 3.8) is 0 Å². The molecule has 380 valence electrons. The highest BCUT2D eigenvalue weighted by Gasteiger charge is 2.45. The van der Waals surface area contributed by atoms with Crippen molar-refractivity contribution in [2.24, 2.45) is 23.3 Å². The van der Waals surface area contributed by atoms with E-state index in [0.29, 0.717) is 29.6 Å². The van der Waals surface area contributed by atoms with Crippen LogP contribution in [0, 0.1) is 11.8 Å². The summed E-state index contributed by atoms with van der Waals surface area (Å²) < 4.78 is 84.1. The van der Waals surface area contributed by atoms with Crippen LogP contribution in [0.5, 0.6) is 0 Å². The van der Waals surface area contributed by atoms with E-state index in [-0.39, 0.29) is 19.3 Å². The third kappa shape index (κ3) is 18.3. The van der Waals surface area contributed by atoms with Gasteiger partial charge >= 0.3 is 36.2 Å². The first kappa shape index (κ1) is 57.1. The third-order valence-electron chi connectivity index (χ3n) is 9.95. The largest absolute Gasteiger partial charge is 0.480 e. The van der Waals surface area contributed by atoms with Gasteiger partial charge in [0.15, 0.2) is 0 Å². The summed E-state index contributed by atoms with van der Waals surface area (Å²) in [6.45, 7) is -1.93. The van der Waals surface area contributed by atoms with E-state index in [1.54, 1.807) is 0 Å². The lowest BCUT2D eigenvalue weighted by molar-refractivity contribution is -0.145. The summed E-state index contributed by atoms with van der Waals surface area (Å²) in [4.78, 5) is 127. The van der Waals surface area contributed by atoms with Crippen LogP contribution in [0.3, 0.4) is 0 Å². The van der Waals surface area contributed by atoms with Crippen molar-refractivity contribution in [1.82, 2.24) is 41.2 Å². The predicted molar refractivity (Wildman–Crippen MR) is 225 cm³/mol. The number of halogens is 6. The molecule has 0 saturated heterocycles. The number of nitrogens with two attached hydrogens (primary N) is 2. The summed E-state index contributed by atoms with van der Waals surface area (Å²) in [7, 11) is 0. The van der Waals surface area contributed by atoms with E-state index in [2.05, 4.69) is 30.6 Å². The molecule has 23 nitrogen and oxygen atoms in total. The third-order valence-corrected chi connectivity index (χ3v) is 12.8. The number of nitrogens with one attached hydrogen (secondary N) is 4. The number of hydrogen-bond donors (Lipinski definition) is 10. The molecule has 0 aliphatic heterocycles. The van der Waals surface area contributed by atoms with E-state index in [4.69, 9.17) is 31.9 Å². The maximum atomic E-state index is 14.9. The van der Waals surface area contributed by atoms with Crippen LogP contribution in [0.25, 0.3) is 0 Å². The molecular formula is C38H46F6N10O13S2. The fraction of sp³-hybridized carbons (Fsp3) is 0.553. The van der Waals surface area contributed by atoms with Crippen molar-refractivity contribution in [3.8, 4) is 0 Å². The molecule has 31 heteroatoms. The van der Waals surface area contributed by atoms with Gasteiger partial charge in [-0.15, -0.1) is 23.5 Å². The van der Waals surface area contributed by atoms with Gasteiger partial charge in [0.2, 0.25) is 29.5 Å². The summed E-state index contributed by atoms with van der Waals surface area (Å²) in [6.07, 6.45) is -10.9. The molecule has 1 aliphatic rings. The number of carbonyl (C=O) groups excluding carboxylic acids is 5. The molecule has 4 amide bonds. The minimum atomic E-state index is -5.14. The van der Waals surface area contributed by atoms with Gasteiger partial charge in [0.1, 0.15) is 54.6 Å². The van der Waals surface area contributed by atoms with Crippen LogP contribution in [0.4, 0.5) is 26.3 Å². The average molecular weight is 1030 g/mol. The van der Waals surface area contributed by atoms with E-state index in [0.717, 1.165) is 18.5 Å². The Morgan fingerprint density at radius 1 is 0.681 bits per heavy atom. The van der Waals surface area contributed by atoms with Gasteiger partial charge in [-0.3, -0.25) is 43.2 Å². The summed E-state index contributed by atoms with van der Waals surface area (Å²) >= 11 is 1.18. The molecule has 1 fully saturated rings. The highest BCUT2D eigenvalue weighted by Crippen LogP contribution is 2.48. The molecule has 0 bridgehead atoms. The second-order valence-corrected chi connectivity index (χ2v) is 17.4. The number of thioether (sulfide) groups is 2. The lowest BCUT2D eigenvalue weighted by Gasteiger charge is -2.36. The van der Waals surface area contributed by atoms with Crippen molar-refractivity contribution in [2.75, 3.05) is 24.6 Å². The topological polar surface area (TPSA) is 386 Å². The Morgan fingerprint density at radius 3 is 1.59 bits per heavy atom. The van der Waals surface area contributed by atoms with E-state index < -0.39 is 185 Å². The van der Waals surface area contributed by atoms with Gasteiger partial charge in [0.05, 0.1) is 16.2 Å². The normalized spacial score (nSPS) is 17.8. The fourth-order valence-electron chi connectivity index (χ4n) is 6.52. The quantitative estimate of drug-likeness (QED) is 0.0566. The van der Waals surface area contributed by atoms with Crippen LogP contribution in [-0.4, -0.2) is 142 Å². The molecule has 69 heavy (non-hydrogen) atoms. The first-order valence-electron chi connectivity index (χ1n) is 20.3. The Balaban J connectivity index is 2.12. The summed E-state index contributed by atoms with van der Waals surface area (Å²) in [6, 6.07) is -4.86. The number of Topliss-reactive ketones (excluding diaryl/α,β-unsaturated/α-hetero) is 1. The minimum Gasteiger partial charge on any atom is -0.480 e. The molecule has 12 N–H and O–H groups in total. The number of aromatic nitrogens is 4. The Hall–Kier alpha value is -6.21. The number of nitrogens with zero attached hydrogens (tertiary/aromatic N) is 4. The number of carboxylic acid groups (broad SMARTS) is 4. The Morgan fingerprint density at radius 2 is 1.14 bits per heavy atom. The van der Waals surface area contributed by atoms with Crippen molar-refractivity contribution < 1.29 is 89.9 Å². The van der Waals surface area contributed by atoms with Gasteiger partial charge in [-0.1, -0.05) is 6.42 Å².